The van der Waals surface area contributed by atoms with E-state index in [0.717, 1.165) is 30.4 Å². The summed E-state index contributed by atoms with van der Waals surface area (Å²) in [5, 5.41) is 3.18. The van der Waals surface area contributed by atoms with Crippen LogP contribution >= 0.6 is 11.3 Å². The van der Waals surface area contributed by atoms with Crippen LogP contribution in [0.4, 0.5) is 5.13 Å². The van der Waals surface area contributed by atoms with E-state index in [-0.39, 0.29) is 10.8 Å². The van der Waals surface area contributed by atoms with Crippen molar-refractivity contribution in [2.75, 3.05) is 32.6 Å². The Morgan fingerprint density at radius 1 is 0.971 bits per heavy atom. The summed E-state index contributed by atoms with van der Waals surface area (Å²) in [6.45, 7) is 5.06. The number of nitrogens with zero attached hydrogens (tertiary/aromatic N) is 2. The summed E-state index contributed by atoms with van der Waals surface area (Å²) in [6.07, 6.45) is 3.45. The molecule has 0 radical (unpaired) electrons. The molecule has 0 atom stereocenters. The van der Waals surface area contributed by atoms with Gasteiger partial charge in [-0.2, -0.15) is 4.31 Å². The monoisotopic (exact) mass is 505 g/mol. The molecular weight excluding hydrogens is 474 g/mol. The van der Waals surface area contributed by atoms with Crippen molar-refractivity contribution in [3.63, 3.8) is 0 Å². The van der Waals surface area contributed by atoms with Gasteiger partial charge in [0.05, 0.1) is 19.1 Å². The number of unbranched alkanes of at least 4 members (excludes halogenated alkanes) is 2. The highest BCUT2D eigenvalue weighted by Crippen LogP contribution is 2.38. The smallest absolute Gasteiger partial charge is 0.257 e. The first-order chi connectivity index (χ1) is 16.3. The summed E-state index contributed by atoms with van der Waals surface area (Å²) in [5.74, 6) is 0.839. The average molecular weight is 506 g/mol. The lowest BCUT2D eigenvalue weighted by Gasteiger charge is -2.22. The first kappa shape index (κ1) is 25.9. The summed E-state index contributed by atoms with van der Waals surface area (Å²) >= 11 is 1.28. The summed E-state index contributed by atoms with van der Waals surface area (Å²) in [7, 11) is -0.491. The Morgan fingerprint density at radius 2 is 1.56 bits per heavy atom. The number of carbonyl (C=O) groups excluding carboxylic acids is 1. The molecule has 0 spiro atoms. The van der Waals surface area contributed by atoms with Gasteiger partial charge in [0.25, 0.3) is 5.91 Å². The van der Waals surface area contributed by atoms with Gasteiger partial charge in [0.1, 0.15) is 21.7 Å². The lowest BCUT2D eigenvalue weighted by Crippen LogP contribution is -2.33. The minimum absolute atomic E-state index is 0.186. The van der Waals surface area contributed by atoms with Crippen LogP contribution in [0.5, 0.6) is 11.5 Å². The number of sulfonamides is 1. The van der Waals surface area contributed by atoms with Gasteiger partial charge in [-0.25, -0.2) is 13.4 Å². The number of anilines is 1. The quantitative estimate of drug-likeness (QED) is 0.365. The summed E-state index contributed by atoms with van der Waals surface area (Å²) < 4.78 is 39.3. The van der Waals surface area contributed by atoms with E-state index in [2.05, 4.69) is 10.3 Å². The van der Waals surface area contributed by atoms with Crippen molar-refractivity contribution in [3.8, 4) is 11.5 Å². The van der Waals surface area contributed by atoms with E-state index in [1.54, 1.807) is 26.4 Å². The Kier molecular flexibility index (Phi) is 8.87. The maximum atomic E-state index is 13.1. The molecule has 3 rings (SSSR count). The van der Waals surface area contributed by atoms with Gasteiger partial charge >= 0.3 is 0 Å². The first-order valence-electron chi connectivity index (χ1n) is 11.3. The minimum atomic E-state index is -3.62. The second kappa shape index (κ2) is 11.6. The highest BCUT2D eigenvalue weighted by molar-refractivity contribution is 7.89. The van der Waals surface area contributed by atoms with Crippen LogP contribution in [0.2, 0.25) is 0 Å². The number of thiazole rings is 1. The number of methoxy groups -OCH3 is 2. The Labute approximate surface area is 205 Å². The van der Waals surface area contributed by atoms with Gasteiger partial charge in [0, 0.05) is 18.7 Å². The van der Waals surface area contributed by atoms with Crippen molar-refractivity contribution in [2.24, 2.45) is 0 Å². The van der Waals surface area contributed by atoms with Crippen LogP contribution in [-0.4, -0.2) is 50.9 Å². The van der Waals surface area contributed by atoms with E-state index >= 15 is 0 Å². The third-order valence-electron chi connectivity index (χ3n) is 5.41. The summed E-state index contributed by atoms with van der Waals surface area (Å²) in [5.41, 5.74) is 0.939. The van der Waals surface area contributed by atoms with Crippen molar-refractivity contribution in [3.05, 3.63) is 42.0 Å². The normalized spacial score (nSPS) is 11.7. The Hall–Kier alpha value is -2.69. The number of ether oxygens (including phenoxy) is 2. The molecule has 1 heterocycles. The van der Waals surface area contributed by atoms with Crippen molar-refractivity contribution < 1.29 is 22.7 Å². The number of nitrogens with one attached hydrogen (secondary N) is 1. The molecule has 1 amide bonds. The number of carbonyl (C=O) groups is 1. The molecule has 0 unspecified atom stereocenters. The number of rotatable bonds is 12. The number of benzene rings is 2. The Balaban J connectivity index is 1.79. The number of amides is 1. The van der Waals surface area contributed by atoms with Crippen molar-refractivity contribution in [1.29, 1.82) is 0 Å². The standard InChI is InChI=1S/C24H31N3O5S2/c1-5-7-15-27(16-8-6-2)34(29,30)18-11-9-17(10-12-18)23(28)26-24-25-21-19(31-3)13-14-20(32-4)22(21)33-24/h9-14H,5-8,15-16H2,1-4H3,(H,25,26,28). The molecule has 0 saturated carbocycles. The molecule has 184 valence electrons. The molecule has 1 N–H and O–H groups in total. The molecule has 0 aliphatic carbocycles. The van der Waals surface area contributed by atoms with Crippen LogP contribution in [0, 0.1) is 0 Å². The zero-order valence-electron chi connectivity index (χ0n) is 20.0. The van der Waals surface area contributed by atoms with Gasteiger partial charge in [0.15, 0.2) is 5.13 Å². The fourth-order valence-electron chi connectivity index (χ4n) is 3.46. The molecule has 0 bridgehead atoms. The molecule has 34 heavy (non-hydrogen) atoms. The molecule has 0 aliphatic rings. The van der Waals surface area contributed by atoms with Crippen LogP contribution in [0.15, 0.2) is 41.3 Å². The average Bonchev–Trinajstić information content (AvgIpc) is 3.27. The molecular formula is C24H31N3O5S2. The van der Waals surface area contributed by atoms with Gasteiger partial charge in [0.2, 0.25) is 10.0 Å². The Morgan fingerprint density at radius 3 is 2.12 bits per heavy atom. The second-order valence-electron chi connectivity index (χ2n) is 7.76. The molecule has 0 fully saturated rings. The van der Waals surface area contributed by atoms with Gasteiger partial charge in [-0.15, -0.1) is 0 Å². The van der Waals surface area contributed by atoms with E-state index in [1.165, 1.54) is 39.9 Å². The molecule has 0 aliphatic heterocycles. The number of hydrogen-bond acceptors (Lipinski definition) is 7. The summed E-state index contributed by atoms with van der Waals surface area (Å²) in [4.78, 5) is 17.5. The third-order valence-corrected chi connectivity index (χ3v) is 8.31. The topological polar surface area (TPSA) is 97.8 Å². The predicted octanol–water partition coefficient (Wildman–Crippen LogP) is 5.16. The number of fused-ring (bicyclic) bond motifs is 1. The van der Waals surface area contributed by atoms with E-state index in [9.17, 15) is 13.2 Å². The molecule has 0 saturated heterocycles. The van der Waals surface area contributed by atoms with Crippen molar-refractivity contribution in [1.82, 2.24) is 9.29 Å². The van der Waals surface area contributed by atoms with E-state index < -0.39 is 10.0 Å². The summed E-state index contributed by atoms with van der Waals surface area (Å²) in [6, 6.07) is 9.56. The second-order valence-corrected chi connectivity index (χ2v) is 10.7. The van der Waals surface area contributed by atoms with E-state index in [1.807, 2.05) is 13.8 Å². The van der Waals surface area contributed by atoms with Gasteiger partial charge in [-0.3, -0.25) is 10.1 Å². The lowest BCUT2D eigenvalue weighted by atomic mass is 10.2. The minimum Gasteiger partial charge on any atom is -0.495 e. The zero-order valence-corrected chi connectivity index (χ0v) is 21.6. The van der Waals surface area contributed by atoms with Gasteiger partial charge < -0.3 is 9.47 Å². The molecule has 10 heteroatoms. The first-order valence-corrected chi connectivity index (χ1v) is 13.5. The number of hydrogen-bond donors (Lipinski definition) is 1. The highest BCUT2D eigenvalue weighted by atomic mass is 32.2. The zero-order chi connectivity index (χ0) is 24.7. The van der Waals surface area contributed by atoms with Crippen LogP contribution in [0.3, 0.4) is 0 Å². The lowest BCUT2D eigenvalue weighted by molar-refractivity contribution is 0.102. The fraction of sp³-hybridized carbons (Fsp3) is 0.417. The fourth-order valence-corrected chi connectivity index (χ4v) is 5.94. The van der Waals surface area contributed by atoms with Gasteiger partial charge in [-0.1, -0.05) is 38.0 Å². The molecule has 2 aromatic carbocycles. The predicted molar refractivity (Wildman–Crippen MR) is 136 cm³/mol. The SMILES string of the molecule is CCCCN(CCCC)S(=O)(=O)c1ccc(C(=O)Nc2nc3c(OC)ccc(OC)c3s2)cc1. The molecule has 8 nitrogen and oxygen atoms in total. The van der Waals surface area contributed by atoms with Gasteiger partial charge in [-0.05, 0) is 49.2 Å². The third kappa shape index (κ3) is 5.68. The highest BCUT2D eigenvalue weighted by Gasteiger charge is 2.24. The van der Waals surface area contributed by atoms with Crippen LogP contribution < -0.4 is 14.8 Å². The molecule has 1 aromatic heterocycles. The van der Waals surface area contributed by atoms with E-state index in [4.69, 9.17) is 9.47 Å². The molecule has 3 aromatic rings. The van der Waals surface area contributed by atoms with Crippen LogP contribution in [-0.2, 0) is 10.0 Å². The van der Waals surface area contributed by atoms with Crippen LogP contribution in [0.25, 0.3) is 10.2 Å². The van der Waals surface area contributed by atoms with Crippen molar-refractivity contribution in [2.45, 2.75) is 44.4 Å². The van der Waals surface area contributed by atoms with E-state index in [0.29, 0.717) is 40.8 Å². The largest absolute Gasteiger partial charge is 0.495 e. The van der Waals surface area contributed by atoms with Crippen molar-refractivity contribution >= 4 is 42.6 Å². The number of aromatic nitrogens is 1. The Bertz CT molecular complexity index is 1170. The van der Waals surface area contributed by atoms with Crippen LogP contribution in [0.1, 0.15) is 49.9 Å². The maximum absolute atomic E-state index is 13.1. The maximum Gasteiger partial charge on any atom is 0.257 e.